The Morgan fingerprint density at radius 3 is 2.71 bits per heavy atom. The summed E-state index contributed by atoms with van der Waals surface area (Å²) in [6, 6.07) is 10.3. The smallest absolute Gasteiger partial charge is 0.176 e. The standard InChI is InChI=1S/C11H9BrN4O/c12-8-5-6-11(13-7-8)15-16-14-9-3-1-2-4-10(9)17/h1-7,17H,(H,13,14,15). The molecule has 2 aromatic rings. The number of aromatic nitrogens is 1. The molecule has 86 valence electrons. The average molecular weight is 293 g/mol. The first-order valence-electron chi connectivity index (χ1n) is 4.82. The molecule has 0 aliphatic rings. The van der Waals surface area contributed by atoms with Gasteiger partial charge in [-0.25, -0.2) is 4.98 Å². The first-order chi connectivity index (χ1) is 8.25. The molecule has 17 heavy (non-hydrogen) atoms. The second-order valence-electron chi connectivity index (χ2n) is 3.16. The molecule has 5 nitrogen and oxygen atoms in total. The lowest BCUT2D eigenvalue weighted by molar-refractivity contribution is 0.477. The third kappa shape index (κ3) is 3.25. The Morgan fingerprint density at radius 2 is 2.00 bits per heavy atom. The van der Waals surface area contributed by atoms with E-state index in [2.05, 4.69) is 36.7 Å². The fourth-order valence-corrected chi connectivity index (χ4v) is 1.36. The maximum absolute atomic E-state index is 9.46. The highest BCUT2D eigenvalue weighted by atomic mass is 79.9. The number of nitrogens with zero attached hydrogens (tertiary/aromatic N) is 3. The molecular formula is C11H9BrN4O. The SMILES string of the molecule is Oc1ccccc1NN=Nc1ccc(Br)cn1. The Morgan fingerprint density at radius 1 is 1.18 bits per heavy atom. The quantitative estimate of drug-likeness (QED) is 0.515. The minimum Gasteiger partial charge on any atom is -0.506 e. The number of rotatable bonds is 3. The van der Waals surface area contributed by atoms with E-state index in [1.165, 1.54) is 0 Å². The Balaban J connectivity index is 2.03. The molecule has 0 spiro atoms. The number of halogens is 1. The number of anilines is 1. The van der Waals surface area contributed by atoms with E-state index in [4.69, 9.17) is 0 Å². The molecule has 0 fully saturated rings. The monoisotopic (exact) mass is 292 g/mol. The van der Waals surface area contributed by atoms with Gasteiger partial charge in [0.2, 0.25) is 0 Å². The van der Waals surface area contributed by atoms with Gasteiger partial charge >= 0.3 is 0 Å². The first kappa shape index (κ1) is 11.5. The molecule has 0 saturated carbocycles. The largest absolute Gasteiger partial charge is 0.506 e. The van der Waals surface area contributed by atoms with E-state index < -0.39 is 0 Å². The minimum atomic E-state index is 0.121. The van der Waals surface area contributed by atoms with Crippen molar-refractivity contribution in [3.63, 3.8) is 0 Å². The molecule has 0 aliphatic carbocycles. The second-order valence-corrected chi connectivity index (χ2v) is 4.08. The van der Waals surface area contributed by atoms with Gasteiger partial charge in [0.05, 0.1) is 5.69 Å². The van der Waals surface area contributed by atoms with Crippen molar-refractivity contribution in [2.45, 2.75) is 0 Å². The molecule has 0 bridgehead atoms. The molecule has 0 saturated heterocycles. The summed E-state index contributed by atoms with van der Waals surface area (Å²) in [4.78, 5) is 4.02. The predicted octanol–water partition coefficient (Wildman–Crippen LogP) is 3.66. The second kappa shape index (κ2) is 5.40. The highest BCUT2D eigenvalue weighted by molar-refractivity contribution is 9.10. The van der Waals surface area contributed by atoms with E-state index in [0.717, 1.165) is 4.47 Å². The van der Waals surface area contributed by atoms with E-state index in [-0.39, 0.29) is 5.75 Å². The van der Waals surface area contributed by atoms with Gasteiger partial charge in [0.1, 0.15) is 5.75 Å². The lowest BCUT2D eigenvalue weighted by atomic mass is 10.3. The van der Waals surface area contributed by atoms with Gasteiger partial charge in [-0.05, 0) is 40.2 Å². The lowest BCUT2D eigenvalue weighted by Gasteiger charge is -2.00. The van der Waals surface area contributed by atoms with E-state index in [0.29, 0.717) is 11.5 Å². The third-order valence-corrected chi connectivity index (χ3v) is 2.41. The summed E-state index contributed by atoms with van der Waals surface area (Å²) in [6.07, 6.45) is 1.63. The number of phenols is 1. The van der Waals surface area contributed by atoms with Crippen LogP contribution in [0.5, 0.6) is 5.75 Å². The van der Waals surface area contributed by atoms with Gasteiger partial charge in [0.15, 0.2) is 5.82 Å². The van der Waals surface area contributed by atoms with Crippen LogP contribution in [0.2, 0.25) is 0 Å². The Kier molecular flexibility index (Phi) is 3.66. The zero-order chi connectivity index (χ0) is 12.1. The van der Waals surface area contributed by atoms with E-state index in [1.807, 2.05) is 6.07 Å². The molecule has 0 unspecified atom stereocenters. The number of pyridine rings is 1. The summed E-state index contributed by atoms with van der Waals surface area (Å²) < 4.78 is 0.880. The maximum Gasteiger partial charge on any atom is 0.176 e. The van der Waals surface area contributed by atoms with Gasteiger partial charge in [-0.15, -0.1) is 5.11 Å². The van der Waals surface area contributed by atoms with Gasteiger partial charge in [-0.2, -0.15) is 0 Å². The van der Waals surface area contributed by atoms with Crippen molar-refractivity contribution in [1.82, 2.24) is 4.98 Å². The van der Waals surface area contributed by atoms with E-state index in [1.54, 1.807) is 36.5 Å². The number of nitrogens with one attached hydrogen (secondary N) is 1. The number of phenolic OH excluding ortho intramolecular Hbond substituents is 1. The summed E-state index contributed by atoms with van der Waals surface area (Å²) in [5.74, 6) is 0.603. The van der Waals surface area contributed by atoms with E-state index >= 15 is 0 Å². The Bertz CT molecular complexity index is 527. The van der Waals surface area contributed by atoms with Crippen LogP contribution in [0.15, 0.2) is 57.4 Å². The topological polar surface area (TPSA) is 69.9 Å². The zero-order valence-electron chi connectivity index (χ0n) is 8.71. The average Bonchev–Trinajstić information content (AvgIpc) is 2.34. The highest BCUT2D eigenvalue weighted by Gasteiger charge is 1.96. The van der Waals surface area contributed by atoms with Gasteiger partial charge in [0, 0.05) is 10.7 Å². The number of hydrogen-bond donors (Lipinski definition) is 2. The molecular weight excluding hydrogens is 284 g/mol. The summed E-state index contributed by atoms with van der Waals surface area (Å²) in [6.45, 7) is 0. The molecule has 1 aromatic heterocycles. The fourth-order valence-electron chi connectivity index (χ4n) is 1.13. The molecule has 2 N–H and O–H groups in total. The van der Waals surface area contributed by atoms with Crippen LogP contribution in [0.1, 0.15) is 0 Å². The highest BCUT2D eigenvalue weighted by Crippen LogP contribution is 2.21. The van der Waals surface area contributed by atoms with Crippen LogP contribution in [0.4, 0.5) is 11.5 Å². The van der Waals surface area contributed by atoms with Gasteiger partial charge in [-0.3, -0.25) is 5.43 Å². The molecule has 0 amide bonds. The number of benzene rings is 1. The van der Waals surface area contributed by atoms with Crippen LogP contribution >= 0.6 is 15.9 Å². The van der Waals surface area contributed by atoms with Crippen molar-refractivity contribution in [3.8, 4) is 5.75 Å². The number of hydrogen-bond acceptors (Lipinski definition) is 4. The summed E-state index contributed by atoms with van der Waals surface area (Å²) in [5.41, 5.74) is 3.13. The minimum absolute atomic E-state index is 0.121. The maximum atomic E-state index is 9.46. The van der Waals surface area contributed by atoms with Crippen molar-refractivity contribution >= 4 is 27.4 Å². The molecule has 6 heteroatoms. The number of aromatic hydroxyl groups is 1. The molecule has 0 atom stereocenters. The van der Waals surface area contributed by atoms with Crippen LogP contribution in [-0.2, 0) is 0 Å². The van der Waals surface area contributed by atoms with Gasteiger partial charge in [-0.1, -0.05) is 17.4 Å². The zero-order valence-corrected chi connectivity index (χ0v) is 10.3. The van der Waals surface area contributed by atoms with Crippen molar-refractivity contribution < 1.29 is 5.11 Å². The predicted molar refractivity (Wildman–Crippen MR) is 68.2 cm³/mol. The fraction of sp³-hybridized carbons (Fsp3) is 0. The Labute approximate surface area is 106 Å². The van der Waals surface area contributed by atoms with Gasteiger partial charge < -0.3 is 5.11 Å². The molecule has 2 rings (SSSR count). The molecule has 1 heterocycles. The lowest BCUT2D eigenvalue weighted by Crippen LogP contribution is -1.86. The van der Waals surface area contributed by atoms with Crippen LogP contribution < -0.4 is 5.43 Å². The van der Waals surface area contributed by atoms with Crippen molar-refractivity contribution in [1.29, 1.82) is 0 Å². The number of para-hydroxylation sites is 2. The van der Waals surface area contributed by atoms with Crippen LogP contribution in [0.3, 0.4) is 0 Å². The van der Waals surface area contributed by atoms with Crippen molar-refractivity contribution in [2.24, 2.45) is 10.3 Å². The summed E-state index contributed by atoms with van der Waals surface area (Å²) >= 11 is 3.28. The van der Waals surface area contributed by atoms with Crippen LogP contribution in [0.25, 0.3) is 0 Å². The van der Waals surface area contributed by atoms with Crippen LogP contribution in [-0.4, -0.2) is 10.1 Å². The molecule has 1 aromatic carbocycles. The third-order valence-electron chi connectivity index (χ3n) is 1.94. The first-order valence-corrected chi connectivity index (χ1v) is 5.61. The van der Waals surface area contributed by atoms with Crippen LogP contribution in [0, 0.1) is 0 Å². The molecule has 0 radical (unpaired) electrons. The summed E-state index contributed by atoms with van der Waals surface area (Å²) in [5, 5.41) is 17.1. The van der Waals surface area contributed by atoms with Gasteiger partial charge in [0.25, 0.3) is 0 Å². The van der Waals surface area contributed by atoms with Crippen molar-refractivity contribution in [2.75, 3.05) is 5.43 Å². The van der Waals surface area contributed by atoms with Crippen molar-refractivity contribution in [3.05, 3.63) is 47.1 Å². The Hall–Kier alpha value is -1.95. The normalized spacial score (nSPS) is 10.6. The summed E-state index contributed by atoms with van der Waals surface area (Å²) in [7, 11) is 0. The van der Waals surface area contributed by atoms with E-state index in [9.17, 15) is 5.11 Å². The molecule has 0 aliphatic heterocycles.